The number of methoxy groups -OCH3 is 1. The van der Waals surface area contributed by atoms with Crippen molar-refractivity contribution >= 4 is 7.60 Å². The number of rotatable bonds is 8. The fraction of sp³-hybridized carbons (Fsp3) is 0.235. The van der Waals surface area contributed by atoms with E-state index in [2.05, 4.69) is 25.9 Å². The van der Waals surface area contributed by atoms with E-state index in [1.165, 1.54) is 0 Å². The van der Waals surface area contributed by atoms with Gasteiger partial charge in [-0.15, -0.1) is 5.10 Å². The summed E-state index contributed by atoms with van der Waals surface area (Å²) >= 11 is 0. The molecule has 0 bridgehead atoms. The molecule has 0 radical (unpaired) electrons. The van der Waals surface area contributed by atoms with Gasteiger partial charge in [0.25, 0.3) is 0 Å². The first kappa shape index (κ1) is 19.2. The minimum absolute atomic E-state index is 0.414. The Morgan fingerprint density at radius 2 is 1.93 bits per heavy atom. The fourth-order valence-electron chi connectivity index (χ4n) is 2.75. The van der Waals surface area contributed by atoms with E-state index in [4.69, 9.17) is 14.5 Å². The molecular weight excluding hydrogens is 369 g/mol. The monoisotopic (exact) mass is 389 g/mol. The molecule has 10 heteroatoms. The minimum atomic E-state index is -4.19. The van der Waals surface area contributed by atoms with Gasteiger partial charge < -0.3 is 14.5 Å². The highest BCUT2D eigenvalue weighted by molar-refractivity contribution is 7.51. The van der Waals surface area contributed by atoms with Crippen molar-refractivity contribution in [1.82, 2.24) is 25.9 Å². The number of aromatic amines is 1. The summed E-state index contributed by atoms with van der Waals surface area (Å²) in [6, 6.07) is 15.2. The number of benzene rings is 2. The van der Waals surface area contributed by atoms with Gasteiger partial charge in [0.2, 0.25) is 0 Å². The fourth-order valence-corrected chi connectivity index (χ4v) is 3.21. The van der Waals surface area contributed by atoms with Crippen LogP contribution in [0.4, 0.5) is 0 Å². The molecule has 0 saturated carbocycles. The predicted octanol–water partition coefficient (Wildman–Crippen LogP) is 1.88. The Bertz CT molecular complexity index is 911. The van der Waals surface area contributed by atoms with Crippen molar-refractivity contribution < 1.29 is 19.1 Å². The van der Waals surface area contributed by atoms with Gasteiger partial charge in [-0.05, 0) is 34.0 Å². The molecule has 1 aromatic heterocycles. The lowest BCUT2D eigenvalue weighted by Gasteiger charge is -2.17. The lowest BCUT2D eigenvalue weighted by atomic mass is 10.00. The standard InChI is InChI=1S/C17H20N5O4P/c1-26-16-5-3-2-4-14(16)13-8-6-12(7-9-13)10-15(17-19-21-22-20-17)18-11-27(23,24)25/h2-9,15,18H,10-11H2,1H3,(H2,23,24,25)(H,19,20,21,22)/t15-/m0/s1. The maximum atomic E-state index is 11.2. The van der Waals surface area contributed by atoms with Crippen molar-refractivity contribution in [1.29, 1.82) is 0 Å². The van der Waals surface area contributed by atoms with Crippen molar-refractivity contribution in [2.45, 2.75) is 12.5 Å². The van der Waals surface area contributed by atoms with E-state index in [0.29, 0.717) is 12.2 Å². The highest BCUT2D eigenvalue weighted by atomic mass is 31.2. The molecule has 3 aromatic rings. The topological polar surface area (TPSA) is 133 Å². The number of aromatic nitrogens is 4. The van der Waals surface area contributed by atoms with E-state index in [1.54, 1.807) is 7.11 Å². The number of ether oxygens (including phenoxy) is 1. The van der Waals surface area contributed by atoms with Crippen LogP contribution in [0.5, 0.6) is 5.75 Å². The van der Waals surface area contributed by atoms with Crippen LogP contribution in [0.3, 0.4) is 0 Å². The molecule has 1 atom stereocenters. The zero-order valence-corrected chi connectivity index (χ0v) is 15.5. The van der Waals surface area contributed by atoms with Gasteiger partial charge in [-0.25, -0.2) is 5.10 Å². The normalized spacial score (nSPS) is 12.7. The van der Waals surface area contributed by atoms with E-state index in [1.807, 2.05) is 48.5 Å². The van der Waals surface area contributed by atoms with E-state index in [0.717, 1.165) is 22.4 Å². The van der Waals surface area contributed by atoms with Gasteiger partial charge in [0.05, 0.1) is 19.4 Å². The molecule has 0 saturated heterocycles. The maximum absolute atomic E-state index is 11.2. The minimum Gasteiger partial charge on any atom is -0.496 e. The average Bonchev–Trinajstić information content (AvgIpc) is 3.19. The summed E-state index contributed by atoms with van der Waals surface area (Å²) in [5.41, 5.74) is 2.97. The zero-order valence-electron chi connectivity index (χ0n) is 14.6. The number of H-pyrrole nitrogens is 1. The quantitative estimate of drug-likeness (QED) is 0.429. The van der Waals surface area contributed by atoms with E-state index < -0.39 is 19.9 Å². The molecule has 3 rings (SSSR count). The highest BCUT2D eigenvalue weighted by Gasteiger charge is 2.21. The summed E-state index contributed by atoms with van der Waals surface area (Å²) in [6.45, 7) is 0. The third kappa shape index (κ3) is 5.21. The van der Waals surface area contributed by atoms with Crippen LogP contribution >= 0.6 is 7.60 Å². The van der Waals surface area contributed by atoms with Crippen molar-refractivity contribution in [2.24, 2.45) is 0 Å². The summed E-state index contributed by atoms with van der Waals surface area (Å²) in [7, 11) is -2.56. The van der Waals surface area contributed by atoms with Crippen molar-refractivity contribution in [3.63, 3.8) is 0 Å². The summed E-state index contributed by atoms with van der Waals surface area (Å²) in [5, 5.41) is 16.4. The number of nitrogens with one attached hydrogen (secondary N) is 2. The number of tetrazole rings is 1. The number of para-hydroxylation sites is 1. The van der Waals surface area contributed by atoms with Crippen molar-refractivity contribution in [3.05, 3.63) is 59.9 Å². The second kappa shape index (κ2) is 8.41. The predicted molar refractivity (Wildman–Crippen MR) is 99.1 cm³/mol. The van der Waals surface area contributed by atoms with Crippen molar-refractivity contribution in [3.8, 4) is 16.9 Å². The van der Waals surface area contributed by atoms with Crippen LogP contribution in [0.25, 0.3) is 11.1 Å². The van der Waals surface area contributed by atoms with Gasteiger partial charge in [0, 0.05) is 5.56 Å². The van der Waals surface area contributed by atoms with Gasteiger partial charge in [0.1, 0.15) is 5.75 Å². The van der Waals surface area contributed by atoms with Gasteiger partial charge >= 0.3 is 7.60 Å². The Hall–Kier alpha value is -2.58. The molecule has 0 aliphatic heterocycles. The molecule has 0 unspecified atom stereocenters. The van der Waals surface area contributed by atoms with Gasteiger partial charge in [-0.1, -0.05) is 42.5 Å². The summed E-state index contributed by atoms with van der Waals surface area (Å²) in [6.07, 6.45) is 0.000736. The maximum Gasteiger partial charge on any atom is 0.339 e. The van der Waals surface area contributed by atoms with Crippen LogP contribution < -0.4 is 10.1 Å². The molecule has 0 aliphatic rings. The first-order chi connectivity index (χ1) is 13.0. The second-order valence-electron chi connectivity index (χ2n) is 5.97. The molecule has 0 fully saturated rings. The molecular formula is C17H20N5O4P. The molecule has 0 aliphatic carbocycles. The second-order valence-corrected chi connectivity index (χ2v) is 7.61. The van der Waals surface area contributed by atoms with E-state index in [9.17, 15) is 4.57 Å². The lowest BCUT2D eigenvalue weighted by molar-refractivity contribution is 0.362. The number of hydrogen-bond donors (Lipinski definition) is 4. The van der Waals surface area contributed by atoms with Crippen LogP contribution in [0.15, 0.2) is 48.5 Å². The third-order valence-corrected chi connectivity index (χ3v) is 4.64. The van der Waals surface area contributed by atoms with Crippen LogP contribution in [0.2, 0.25) is 0 Å². The Morgan fingerprint density at radius 3 is 2.56 bits per heavy atom. The van der Waals surface area contributed by atoms with Gasteiger partial charge in [-0.2, -0.15) is 0 Å². The summed E-state index contributed by atoms with van der Waals surface area (Å²) < 4.78 is 16.6. The molecule has 0 amide bonds. The summed E-state index contributed by atoms with van der Waals surface area (Å²) in [4.78, 5) is 18.2. The van der Waals surface area contributed by atoms with Crippen LogP contribution in [0, 0.1) is 0 Å². The first-order valence-corrected chi connectivity index (χ1v) is 10.00. The Labute approximate surface area is 155 Å². The molecule has 27 heavy (non-hydrogen) atoms. The largest absolute Gasteiger partial charge is 0.496 e. The molecule has 1 heterocycles. The molecule has 142 valence electrons. The number of hydrogen-bond acceptors (Lipinski definition) is 6. The van der Waals surface area contributed by atoms with Crippen LogP contribution in [-0.2, 0) is 11.0 Å². The van der Waals surface area contributed by atoms with E-state index in [-0.39, 0.29) is 0 Å². The summed E-state index contributed by atoms with van der Waals surface area (Å²) in [5.74, 6) is 1.21. The van der Waals surface area contributed by atoms with Crippen LogP contribution in [0.1, 0.15) is 17.4 Å². The number of nitrogens with zero attached hydrogens (tertiary/aromatic N) is 3. The first-order valence-electron chi connectivity index (χ1n) is 8.20. The molecule has 2 aromatic carbocycles. The molecule has 0 spiro atoms. The van der Waals surface area contributed by atoms with Crippen LogP contribution in [-0.4, -0.2) is 43.8 Å². The molecule has 4 N–H and O–H groups in total. The Morgan fingerprint density at radius 1 is 1.19 bits per heavy atom. The lowest BCUT2D eigenvalue weighted by Crippen LogP contribution is -2.25. The third-order valence-electron chi connectivity index (χ3n) is 4.05. The highest BCUT2D eigenvalue weighted by Crippen LogP contribution is 2.34. The van der Waals surface area contributed by atoms with E-state index >= 15 is 0 Å². The SMILES string of the molecule is COc1ccccc1-c1ccc(C[C@H](NCP(=O)(O)O)c2nnn[nH]2)cc1. The molecule has 9 nitrogen and oxygen atoms in total. The smallest absolute Gasteiger partial charge is 0.339 e. The Kier molecular flexibility index (Phi) is 5.98. The Balaban J connectivity index is 1.77. The van der Waals surface area contributed by atoms with Crippen molar-refractivity contribution in [2.75, 3.05) is 13.4 Å². The zero-order chi connectivity index (χ0) is 19.3. The van der Waals surface area contributed by atoms with Gasteiger partial charge in [0.15, 0.2) is 5.82 Å². The van der Waals surface area contributed by atoms with Gasteiger partial charge in [-0.3, -0.25) is 9.88 Å². The average molecular weight is 389 g/mol.